The van der Waals surface area contributed by atoms with E-state index in [1.807, 2.05) is 44.2 Å². The molecule has 1 aromatic heterocycles. The van der Waals surface area contributed by atoms with Gasteiger partial charge in [0.05, 0.1) is 6.04 Å². The number of hydrogen-bond acceptors (Lipinski definition) is 5. The highest BCUT2D eigenvalue weighted by Gasteiger charge is 2.47. The molecule has 1 fully saturated rings. The lowest BCUT2D eigenvalue weighted by Crippen LogP contribution is -2.43. The molecule has 1 aliphatic rings. The summed E-state index contributed by atoms with van der Waals surface area (Å²) in [7, 11) is 0. The molecular weight excluding hydrogens is 371 g/mol. The maximum absolute atomic E-state index is 13.4. The number of hydrogen-bond donors (Lipinski definition) is 1. The Morgan fingerprint density at radius 3 is 2.59 bits per heavy atom. The summed E-state index contributed by atoms with van der Waals surface area (Å²) in [6, 6.07) is 17.6. The summed E-state index contributed by atoms with van der Waals surface area (Å²) in [5.74, 6) is 0.481. The van der Waals surface area contributed by atoms with Crippen LogP contribution in [0.1, 0.15) is 31.0 Å². The van der Waals surface area contributed by atoms with Crippen molar-refractivity contribution in [3.63, 3.8) is 0 Å². The van der Waals surface area contributed by atoms with Crippen LogP contribution in [0.5, 0.6) is 0 Å². The van der Waals surface area contributed by atoms with E-state index in [-0.39, 0.29) is 18.5 Å². The van der Waals surface area contributed by atoms with E-state index < -0.39 is 11.6 Å². The smallest absolute Gasteiger partial charge is 0.416 e. The molecule has 6 nitrogen and oxygen atoms in total. The van der Waals surface area contributed by atoms with Crippen molar-refractivity contribution in [1.29, 1.82) is 0 Å². The zero-order valence-corrected chi connectivity index (χ0v) is 16.2. The van der Waals surface area contributed by atoms with Crippen molar-refractivity contribution >= 4 is 17.9 Å². The van der Waals surface area contributed by atoms with E-state index in [2.05, 4.69) is 15.3 Å². The highest BCUT2D eigenvalue weighted by molar-refractivity contribution is 5.90. The van der Waals surface area contributed by atoms with Crippen LogP contribution in [0, 0.1) is 5.82 Å². The molecule has 2 heterocycles. The predicted molar refractivity (Wildman–Crippen MR) is 108 cm³/mol. The Morgan fingerprint density at radius 2 is 1.86 bits per heavy atom. The van der Waals surface area contributed by atoms with Gasteiger partial charge in [-0.15, -0.1) is 0 Å². The summed E-state index contributed by atoms with van der Waals surface area (Å²) in [6.45, 7) is 4.02. The second-order valence-electron chi connectivity index (χ2n) is 7.19. The van der Waals surface area contributed by atoms with Crippen LogP contribution in [0.4, 0.5) is 21.0 Å². The van der Waals surface area contributed by atoms with Gasteiger partial charge in [-0.25, -0.2) is 19.1 Å². The molecule has 1 aliphatic heterocycles. The van der Waals surface area contributed by atoms with Gasteiger partial charge >= 0.3 is 6.09 Å². The summed E-state index contributed by atoms with van der Waals surface area (Å²) in [4.78, 5) is 22.8. The average molecular weight is 392 g/mol. The van der Waals surface area contributed by atoms with E-state index in [0.717, 1.165) is 11.1 Å². The van der Waals surface area contributed by atoms with E-state index in [1.54, 1.807) is 24.4 Å². The number of nitrogens with one attached hydrogen (secondary N) is 1. The summed E-state index contributed by atoms with van der Waals surface area (Å²) >= 11 is 0. The van der Waals surface area contributed by atoms with E-state index in [1.165, 1.54) is 17.0 Å². The lowest BCUT2D eigenvalue weighted by Gasteiger charge is -2.31. The average Bonchev–Trinajstić information content (AvgIpc) is 3.04. The number of carbonyl (C=O) groups excluding carboxylic acids is 1. The Hall–Kier alpha value is -3.48. The third kappa shape index (κ3) is 3.63. The van der Waals surface area contributed by atoms with Gasteiger partial charge in [-0.05, 0) is 43.2 Å². The first-order valence-corrected chi connectivity index (χ1v) is 9.35. The van der Waals surface area contributed by atoms with Gasteiger partial charge in [-0.2, -0.15) is 4.98 Å². The molecule has 0 unspecified atom stereocenters. The minimum atomic E-state index is -0.804. The second kappa shape index (κ2) is 7.50. The first kappa shape index (κ1) is 18.9. The predicted octanol–water partition coefficient (Wildman–Crippen LogP) is 4.66. The molecule has 1 saturated heterocycles. The minimum Gasteiger partial charge on any atom is -0.446 e. The Morgan fingerprint density at radius 1 is 1.14 bits per heavy atom. The number of ether oxygens (including phenoxy) is 1. The first-order chi connectivity index (χ1) is 14.0. The van der Waals surface area contributed by atoms with Crippen LogP contribution < -0.4 is 10.2 Å². The molecule has 0 radical (unpaired) electrons. The fraction of sp³-hybridized carbons (Fsp3) is 0.227. The molecule has 1 amide bonds. The van der Waals surface area contributed by atoms with Gasteiger partial charge in [0.2, 0.25) is 5.95 Å². The highest BCUT2D eigenvalue weighted by atomic mass is 19.1. The molecule has 0 aliphatic carbocycles. The van der Waals surface area contributed by atoms with Gasteiger partial charge in [0.1, 0.15) is 23.8 Å². The fourth-order valence-corrected chi connectivity index (χ4v) is 3.46. The van der Waals surface area contributed by atoms with E-state index >= 15 is 0 Å². The zero-order valence-electron chi connectivity index (χ0n) is 16.2. The van der Waals surface area contributed by atoms with Gasteiger partial charge in [0.15, 0.2) is 0 Å². The molecule has 0 bridgehead atoms. The zero-order chi connectivity index (χ0) is 20.4. The summed E-state index contributed by atoms with van der Waals surface area (Å²) in [5, 5.41) is 3.26. The first-order valence-electron chi connectivity index (χ1n) is 9.35. The highest BCUT2D eigenvalue weighted by Crippen LogP contribution is 2.37. The van der Waals surface area contributed by atoms with Crippen molar-refractivity contribution in [3.05, 3.63) is 83.8 Å². The molecule has 0 saturated carbocycles. The lowest BCUT2D eigenvalue weighted by atomic mass is 9.92. The Labute approximate surface area is 168 Å². The number of aromatic nitrogens is 2. The van der Waals surface area contributed by atoms with Crippen LogP contribution in [0.25, 0.3) is 0 Å². The molecular formula is C22H21FN4O2. The van der Waals surface area contributed by atoms with Crippen molar-refractivity contribution in [2.45, 2.75) is 25.4 Å². The Bertz CT molecular complexity index is 1010. The van der Waals surface area contributed by atoms with Crippen molar-refractivity contribution in [2.75, 3.05) is 16.8 Å². The maximum atomic E-state index is 13.4. The minimum absolute atomic E-state index is 0.0135. The topological polar surface area (TPSA) is 67.4 Å². The third-order valence-electron chi connectivity index (χ3n) is 5.13. The van der Waals surface area contributed by atoms with Crippen molar-refractivity contribution < 1.29 is 13.9 Å². The summed E-state index contributed by atoms with van der Waals surface area (Å²) in [5.41, 5.74) is 1.05. The molecule has 4 rings (SSSR count). The van der Waals surface area contributed by atoms with Crippen molar-refractivity contribution in [1.82, 2.24) is 9.97 Å². The number of rotatable bonds is 5. The maximum Gasteiger partial charge on any atom is 0.416 e. The number of carbonyl (C=O) groups is 1. The number of amides is 1. The van der Waals surface area contributed by atoms with Gasteiger partial charge in [-0.3, -0.25) is 0 Å². The number of benzene rings is 2. The van der Waals surface area contributed by atoms with E-state index in [9.17, 15) is 9.18 Å². The molecule has 29 heavy (non-hydrogen) atoms. The SMILES string of the molecule is C[C@H](Nc1nccc(N2C(=O)OC[C@@]2(C)c2ccc(F)cc2)n1)c1ccccc1. The standard InChI is InChI=1S/C22H21FN4O2/c1-15(16-6-4-3-5-7-16)25-20-24-13-12-19(26-20)27-21(28)29-14-22(27,2)17-8-10-18(23)11-9-17/h3-13,15H,14H2,1-2H3,(H,24,25,26)/t15-,22-/m0/s1. The number of nitrogens with zero attached hydrogens (tertiary/aromatic N) is 3. The molecule has 3 aromatic rings. The molecule has 7 heteroatoms. The van der Waals surface area contributed by atoms with Crippen LogP contribution in [0.3, 0.4) is 0 Å². The van der Waals surface area contributed by atoms with Gasteiger partial charge in [-0.1, -0.05) is 42.5 Å². The summed E-state index contributed by atoms with van der Waals surface area (Å²) < 4.78 is 18.7. The fourth-order valence-electron chi connectivity index (χ4n) is 3.46. The van der Waals surface area contributed by atoms with Crippen LogP contribution in [0.15, 0.2) is 66.9 Å². The Balaban J connectivity index is 1.64. The molecule has 148 valence electrons. The van der Waals surface area contributed by atoms with Crippen LogP contribution in [-0.2, 0) is 10.3 Å². The lowest BCUT2D eigenvalue weighted by molar-refractivity contribution is 0.174. The van der Waals surface area contributed by atoms with Crippen molar-refractivity contribution in [3.8, 4) is 0 Å². The van der Waals surface area contributed by atoms with Gasteiger partial charge in [0, 0.05) is 6.20 Å². The second-order valence-corrected chi connectivity index (χ2v) is 7.19. The van der Waals surface area contributed by atoms with Crippen LogP contribution in [-0.4, -0.2) is 22.7 Å². The molecule has 2 aromatic carbocycles. The monoisotopic (exact) mass is 392 g/mol. The molecule has 2 atom stereocenters. The van der Waals surface area contributed by atoms with Crippen LogP contribution >= 0.6 is 0 Å². The van der Waals surface area contributed by atoms with Crippen LogP contribution in [0.2, 0.25) is 0 Å². The molecule has 0 spiro atoms. The quantitative estimate of drug-likeness (QED) is 0.684. The van der Waals surface area contributed by atoms with Gasteiger partial charge in [0.25, 0.3) is 0 Å². The largest absolute Gasteiger partial charge is 0.446 e. The normalized spacial score (nSPS) is 19.7. The number of halogens is 1. The summed E-state index contributed by atoms with van der Waals surface area (Å²) in [6.07, 6.45) is 1.09. The third-order valence-corrected chi connectivity index (χ3v) is 5.13. The van der Waals surface area contributed by atoms with E-state index in [4.69, 9.17) is 4.74 Å². The number of cyclic esters (lactones) is 1. The van der Waals surface area contributed by atoms with Gasteiger partial charge < -0.3 is 10.1 Å². The Kier molecular flexibility index (Phi) is 4.88. The number of anilines is 2. The van der Waals surface area contributed by atoms with Crippen molar-refractivity contribution in [2.24, 2.45) is 0 Å². The van der Waals surface area contributed by atoms with E-state index in [0.29, 0.717) is 11.8 Å². The molecule has 1 N–H and O–H groups in total.